The van der Waals surface area contributed by atoms with Crippen molar-refractivity contribution in [3.05, 3.63) is 46.2 Å². The number of carbonyl (C=O) groups is 4. The molecule has 454 valence electrons. The number of amides is 1. The van der Waals surface area contributed by atoms with E-state index in [0.717, 1.165) is 32.1 Å². The lowest BCUT2D eigenvalue weighted by molar-refractivity contribution is -0.309. The van der Waals surface area contributed by atoms with Gasteiger partial charge in [-0.05, 0) is 113 Å². The second-order valence-corrected chi connectivity index (χ2v) is 26.1. The summed E-state index contributed by atoms with van der Waals surface area (Å²) in [5.41, 5.74) is -3.27. The first-order chi connectivity index (χ1) is 38.2. The number of hydrogen-bond donors (Lipinski definition) is 1. The zero-order valence-electron chi connectivity index (χ0n) is 50.1. The van der Waals surface area contributed by atoms with Crippen molar-refractivity contribution in [3.63, 3.8) is 0 Å². The van der Waals surface area contributed by atoms with Crippen LogP contribution in [-0.2, 0) is 52.3 Å². The molecule has 4 saturated heterocycles. The summed E-state index contributed by atoms with van der Waals surface area (Å²) in [4.78, 5) is 68.0. The lowest BCUT2D eigenvalue weighted by Gasteiger charge is -2.49. The fraction of sp³-hybridized carbons (Fsp3) is 0.750. The Hall–Kier alpha value is -3.34. The van der Waals surface area contributed by atoms with Crippen molar-refractivity contribution in [1.82, 2.24) is 9.88 Å². The highest BCUT2D eigenvalue weighted by atomic mass is 35.5. The molecule has 4 aliphatic heterocycles. The number of ether oxygens (including phenoxy) is 10. The van der Waals surface area contributed by atoms with Crippen LogP contribution in [0.5, 0.6) is 11.5 Å². The molecule has 3 unspecified atom stereocenters. The number of halogens is 2. The van der Waals surface area contributed by atoms with Gasteiger partial charge < -0.3 is 62.3 Å². The Labute approximate surface area is 493 Å². The predicted molar refractivity (Wildman–Crippen MR) is 309 cm³/mol. The van der Waals surface area contributed by atoms with Crippen molar-refractivity contribution in [1.29, 1.82) is 0 Å². The fourth-order valence-electron chi connectivity index (χ4n) is 13.3. The molecule has 5 aliphatic rings. The van der Waals surface area contributed by atoms with Gasteiger partial charge in [0.25, 0.3) is 5.91 Å². The number of nitrogens with zero attached hydrogens (tertiary/aromatic N) is 3. The van der Waals surface area contributed by atoms with E-state index in [1.807, 2.05) is 55.6 Å². The van der Waals surface area contributed by atoms with Gasteiger partial charge in [0, 0.05) is 93.2 Å². The number of methoxy groups -OCH3 is 3. The Kier molecular flexibility index (Phi) is 22.0. The molecule has 18 nitrogen and oxygen atoms in total. The number of esters is 2. The smallest absolute Gasteiger partial charge is 0.320 e. The molecule has 0 bridgehead atoms. The van der Waals surface area contributed by atoms with Crippen LogP contribution in [-0.4, -0.2) is 170 Å². The number of ketones is 1. The molecule has 5 fully saturated rings. The summed E-state index contributed by atoms with van der Waals surface area (Å²) in [6.45, 7) is 18.4. The number of benzene rings is 1. The monoisotopic (exact) mass is 1190 g/mol. The van der Waals surface area contributed by atoms with Gasteiger partial charge in [0.1, 0.15) is 23.2 Å². The summed E-state index contributed by atoms with van der Waals surface area (Å²) in [7, 11) is 8.74. The van der Waals surface area contributed by atoms with Crippen molar-refractivity contribution in [2.75, 3.05) is 52.6 Å². The fourth-order valence-corrected chi connectivity index (χ4v) is 15.3. The molecular formula is C60H89Cl2N3O15S. The van der Waals surface area contributed by atoms with Crippen LogP contribution in [0.2, 0.25) is 10.0 Å². The molecule has 1 N–H and O–H groups in total. The molecule has 2 aromatic rings. The predicted octanol–water partition coefficient (Wildman–Crippen LogP) is 9.77. The van der Waals surface area contributed by atoms with Gasteiger partial charge in [0.15, 0.2) is 29.7 Å². The number of thioether (sulfide) groups is 1. The summed E-state index contributed by atoms with van der Waals surface area (Å²) >= 11 is 14.5. The van der Waals surface area contributed by atoms with Crippen LogP contribution in [0.15, 0.2) is 30.6 Å². The number of pyridine rings is 1. The first-order valence-electron chi connectivity index (χ1n) is 28.8. The molecule has 21 heteroatoms. The van der Waals surface area contributed by atoms with Gasteiger partial charge in [-0.3, -0.25) is 24.2 Å². The van der Waals surface area contributed by atoms with E-state index in [1.54, 1.807) is 60.1 Å². The molecule has 1 amide bonds. The number of cyclic esters (lactones) is 1. The second-order valence-electron chi connectivity index (χ2n) is 24.1. The minimum atomic E-state index is -1.51. The Morgan fingerprint density at radius 1 is 0.852 bits per heavy atom. The van der Waals surface area contributed by atoms with Crippen LogP contribution in [0.3, 0.4) is 0 Å². The van der Waals surface area contributed by atoms with Crippen LogP contribution in [0.1, 0.15) is 137 Å². The Morgan fingerprint density at radius 2 is 1.52 bits per heavy atom. The normalized spacial score (nSPS) is 37.3. The second kappa shape index (κ2) is 27.4. The van der Waals surface area contributed by atoms with Gasteiger partial charge in [0.2, 0.25) is 0 Å². The number of fused-ring (bicyclic) bond motifs is 1. The number of aliphatic hydroxyl groups is 1. The van der Waals surface area contributed by atoms with Crippen molar-refractivity contribution < 1.29 is 71.7 Å². The Bertz CT molecular complexity index is 2490. The van der Waals surface area contributed by atoms with Gasteiger partial charge in [-0.15, -0.1) is 11.8 Å². The summed E-state index contributed by atoms with van der Waals surface area (Å²) in [6, 6.07) is 5.39. The molecule has 1 saturated carbocycles. The van der Waals surface area contributed by atoms with E-state index in [9.17, 15) is 14.7 Å². The van der Waals surface area contributed by atoms with Crippen molar-refractivity contribution in [3.8, 4) is 11.5 Å². The SMILES string of the molecule is CC[C@H]1OC(=O)[C@H](C)[C@@H](OC2C[C@@](C)(OC)[C@@H](O)[C@H](C)O2)[C@H](C)[C@@H](OC2C[C@@H](N(C)C)C[C@@H](C)O2)C(C)(OC)C[C@@H](C)C(=O)[C@H](C)[C@H]2[C@H](SCCN(C(=O)c3c(Cl)cncc3Cl)c3ccc(OC)c(OC4CCCC4)c3)C(=O)O[C@@]21C. The molecule has 5 heterocycles. The number of anilines is 1. The molecule has 7 rings (SSSR count). The molecule has 18 atom stereocenters. The highest BCUT2D eigenvalue weighted by Crippen LogP contribution is 2.50. The average molecular weight is 1200 g/mol. The van der Waals surface area contributed by atoms with E-state index in [-0.39, 0.29) is 71.2 Å². The van der Waals surface area contributed by atoms with Gasteiger partial charge in [-0.1, -0.05) is 50.9 Å². The number of aliphatic hydroxyl groups excluding tert-OH is 1. The highest BCUT2D eigenvalue weighted by Gasteiger charge is 2.62. The van der Waals surface area contributed by atoms with Crippen LogP contribution in [0.25, 0.3) is 0 Å². The van der Waals surface area contributed by atoms with E-state index in [2.05, 4.69) is 9.88 Å². The summed E-state index contributed by atoms with van der Waals surface area (Å²) < 4.78 is 64.8. The molecule has 1 aromatic carbocycles. The number of hydrogen-bond acceptors (Lipinski definition) is 18. The van der Waals surface area contributed by atoms with E-state index in [4.69, 9.17) is 70.6 Å². The van der Waals surface area contributed by atoms with Gasteiger partial charge >= 0.3 is 11.9 Å². The zero-order chi connectivity index (χ0) is 59.5. The van der Waals surface area contributed by atoms with E-state index < -0.39 is 113 Å². The molecule has 0 spiro atoms. The molecule has 1 aromatic heterocycles. The summed E-state index contributed by atoms with van der Waals surface area (Å²) in [6.07, 6.45) is 2.08. The standard InChI is InChI=1S/C60H89Cl2N3O15S/c1-16-45-60(10)49(52(57(70)80-60)81-24-23-65(55(68)48-41(61)30-63-31-42(48)62)38-21-22-43(71-13)44(26-38)76-40-19-17-18-20-40)34(4)50(66)32(2)28-59(9,73-15)54(79-46-27-39(64(11)12)25-33(3)74-46)35(5)51(36(6)56(69)77-45)78-47-29-58(8,72-14)53(67)37(7)75-47/h21-22,26,30-37,39-40,45-47,49,51-54,67H,16-20,23-25,27-29H2,1-15H3/t32-,33-,34-,35+,36-,37+,39+,45-,46?,47?,49+,51+,52+,53+,54-,58-,59?,60-/m1/s1. The minimum Gasteiger partial charge on any atom is -0.493 e. The van der Waals surface area contributed by atoms with E-state index in [1.165, 1.54) is 36.2 Å². The van der Waals surface area contributed by atoms with Crippen molar-refractivity contribution >= 4 is 64.3 Å². The molecule has 0 radical (unpaired) electrons. The average Bonchev–Trinajstić information content (AvgIpc) is 4.30. The summed E-state index contributed by atoms with van der Waals surface area (Å²) in [5.74, 6) is -4.77. The molecule has 81 heavy (non-hydrogen) atoms. The van der Waals surface area contributed by atoms with Gasteiger partial charge in [-0.25, -0.2) is 0 Å². The Morgan fingerprint density at radius 3 is 2.14 bits per heavy atom. The van der Waals surface area contributed by atoms with Crippen LogP contribution in [0, 0.1) is 29.6 Å². The number of carbonyl (C=O) groups excluding carboxylic acids is 4. The topological polar surface area (TPSA) is 200 Å². The van der Waals surface area contributed by atoms with Gasteiger partial charge in [-0.2, -0.15) is 0 Å². The van der Waals surface area contributed by atoms with Crippen molar-refractivity contribution in [2.45, 2.75) is 210 Å². The van der Waals surface area contributed by atoms with Crippen molar-refractivity contribution in [2.24, 2.45) is 29.6 Å². The number of aromatic nitrogens is 1. The van der Waals surface area contributed by atoms with Crippen LogP contribution < -0.4 is 14.4 Å². The largest absolute Gasteiger partial charge is 0.493 e. The van der Waals surface area contributed by atoms with E-state index >= 15 is 9.59 Å². The summed E-state index contributed by atoms with van der Waals surface area (Å²) in [5, 5.41) is 10.4. The lowest BCUT2D eigenvalue weighted by atomic mass is 9.70. The third-order valence-corrected chi connectivity index (χ3v) is 20.0. The zero-order valence-corrected chi connectivity index (χ0v) is 52.4. The Balaban J connectivity index is 1.27. The van der Waals surface area contributed by atoms with E-state index in [0.29, 0.717) is 23.6 Å². The number of Topliss-reactive ketones (excluding diaryl/α,β-unsaturated/α-hetero) is 1. The lowest BCUT2D eigenvalue weighted by Crippen LogP contribution is -2.59. The molecular weight excluding hydrogens is 1110 g/mol. The highest BCUT2D eigenvalue weighted by molar-refractivity contribution is 8.00. The quantitative estimate of drug-likeness (QED) is 0.147. The first kappa shape index (κ1) is 65.2. The van der Waals surface area contributed by atoms with Crippen LogP contribution in [0.4, 0.5) is 5.69 Å². The third kappa shape index (κ3) is 14.2. The van der Waals surface area contributed by atoms with Gasteiger partial charge in [0.05, 0.1) is 70.4 Å². The molecule has 1 aliphatic carbocycles. The number of rotatable bonds is 17. The van der Waals surface area contributed by atoms with Crippen LogP contribution >= 0.6 is 35.0 Å². The third-order valence-electron chi connectivity index (χ3n) is 18.2. The maximum absolute atomic E-state index is 15.5. The maximum atomic E-state index is 15.5. The first-order valence-corrected chi connectivity index (χ1v) is 30.7. The maximum Gasteiger partial charge on any atom is 0.320 e. The minimum absolute atomic E-state index is 0.0151.